The van der Waals surface area contributed by atoms with E-state index in [-0.39, 0.29) is 34.7 Å². The molecule has 3 aromatic heterocycles. The van der Waals surface area contributed by atoms with Crippen molar-refractivity contribution < 1.29 is 22.4 Å². The maximum absolute atomic E-state index is 13.8. The van der Waals surface area contributed by atoms with Crippen LogP contribution < -0.4 is 5.73 Å². The lowest BCUT2D eigenvalue weighted by atomic mass is 9.91. The van der Waals surface area contributed by atoms with Crippen molar-refractivity contribution in [3.8, 4) is 11.3 Å². The standard InChI is InChI=1S/C27H26F4N6O/c1-15-20(23-12-22(27(29,30)31)24-25(32)33-14-34-37(23)24)11-21(16(2)35-15)26(38)36-9-3-4-18(13-36)10-17-5-7-19(28)8-6-17/h5-8,11-12,14,18H,3-4,9-10,13H2,1-2H3,(H2,32,33,34)/t18-/m1/s1. The number of nitrogens with zero attached hydrogens (tertiary/aromatic N) is 5. The van der Waals surface area contributed by atoms with Gasteiger partial charge in [-0.15, -0.1) is 0 Å². The Morgan fingerprint density at radius 2 is 1.87 bits per heavy atom. The number of nitrogen functional groups attached to an aromatic ring is 1. The van der Waals surface area contributed by atoms with E-state index >= 15 is 0 Å². The summed E-state index contributed by atoms with van der Waals surface area (Å²) in [6, 6.07) is 8.92. The van der Waals surface area contributed by atoms with Crippen molar-refractivity contribution in [2.45, 2.75) is 39.3 Å². The van der Waals surface area contributed by atoms with Gasteiger partial charge < -0.3 is 10.6 Å². The Morgan fingerprint density at radius 3 is 2.58 bits per heavy atom. The number of hydrogen-bond acceptors (Lipinski definition) is 5. The van der Waals surface area contributed by atoms with Gasteiger partial charge in [-0.25, -0.2) is 13.9 Å². The number of hydrogen-bond donors (Lipinski definition) is 1. The molecule has 0 aliphatic carbocycles. The highest BCUT2D eigenvalue weighted by Gasteiger charge is 2.37. The van der Waals surface area contributed by atoms with E-state index in [4.69, 9.17) is 5.73 Å². The zero-order valence-corrected chi connectivity index (χ0v) is 20.9. The molecule has 2 N–H and O–H groups in total. The number of pyridine rings is 1. The number of rotatable bonds is 4. The van der Waals surface area contributed by atoms with Crippen LogP contribution in [0.1, 0.15) is 45.7 Å². The third-order valence-corrected chi connectivity index (χ3v) is 7.04. The minimum Gasteiger partial charge on any atom is -0.382 e. The quantitative estimate of drug-likeness (QED) is 0.367. The summed E-state index contributed by atoms with van der Waals surface area (Å²) in [6.07, 6.45) is -1.12. The van der Waals surface area contributed by atoms with Gasteiger partial charge in [-0.2, -0.15) is 18.3 Å². The number of carbonyl (C=O) groups is 1. The molecule has 11 heteroatoms. The van der Waals surface area contributed by atoms with E-state index in [0.29, 0.717) is 35.6 Å². The molecule has 1 fully saturated rings. The molecule has 5 rings (SSSR count). The molecule has 0 radical (unpaired) electrons. The van der Waals surface area contributed by atoms with E-state index in [0.717, 1.165) is 41.7 Å². The molecule has 38 heavy (non-hydrogen) atoms. The summed E-state index contributed by atoms with van der Waals surface area (Å²) in [4.78, 5) is 23.6. The topological polar surface area (TPSA) is 89.4 Å². The van der Waals surface area contributed by atoms with Gasteiger partial charge in [0.1, 0.15) is 17.7 Å². The Balaban J connectivity index is 1.49. The zero-order chi connectivity index (χ0) is 27.2. The average Bonchev–Trinajstić information content (AvgIpc) is 3.27. The van der Waals surface area contributed by atoms with E-state index in [2.05, 4.69) is 15.1 Å². The van der Waals surface area contributed by atoms with E-state index in [1.807, 2.05) is 0 Å². The van der Waals surface area contributed by atoms with Crippen molar-refractivity contribution in [3.63, 3.8) is 0 Å². The van der Waals surface area contributed by atoms with Crippen LogP contribution in [0, 0.1) is 25.6 Å². The first-order chi connectivity index (χ1) is 18.0. The molecule has 1 saturated heterocycles. The predicted octanol–water partition coefficient (Wildman–Crippen LogP) is 5.24. The molecule has 4 aromatic rings. The van der Waals surface area contributed by atoms with Gasteiger partial charge in [0.2, 0.25) is 0 Å². The van der Waals surface area contributed by atoms with Gasteiger partial charge >= 0.3 is 6.18 Å². The highest BCUT2D eigenvalue weighted by atomic mass is 19.4. The number of fused-ring (bicyclic) bond motifs is 1. The molecule has 7 nitrogen and oxygen atoms in total. The lowest BCUT2D eigenvalue weighted by Crippen LogP contribution is -2.41. The van der Waals surface area contributed by atoms with Crippen molar-refractivity contribution in [2.24, 2.45) is 5.92 Å². The Morgan fingerprint density at radius 1 is 1.13 bits per heavy atom. The van der Waals surface area contributed by atoms with Crippen LogP contribution >= 0.6 is 0 Å². The fraction of sp³-hybridized carbons (Fsp3) is 0.333. The zero-order valence-electron chi connectivity index (χ0n) is 20.9. The second kappa shape index (κ2) is 9.70. The van der Waals surface area contributed by atoms with Crippen LogP contribution in [-0.2, 0) is 12.6 Å². The smallest absolute Gasteiger partial charge is 0.382 e. The third kappa shape index (κ3) is 4.80. The molecule has 0 saturated carbocycles. The molecule has 1 aromatic carbocycles. The van der Waals surface area contributed by atoms with Crippen LogP contribution in [0.3, 0.4) is 0 Å². The summed E-state index contributed by atoms with van der Waals surface area (Å²) in [7, 11) is 0. The number of likely N-dealkylation sites (tertiary alicyclic amines) is 1. The number of aromatic nitrogens is 4. The first-order valence-electron chi connectivity index (χ1n) is 12.2. The molecule has 4 heterocycles. The molecular formula is C27H26F4N6O. The van der Waals surface area contributed by atoms with E-state index < -0.39 is 11.7 Å². The van der Waals surface area contributed by atoms with Gasteiger partial charge in [-0.05, 0) is 68.9 Å². The minimum atomic E-state index is -4.68. The number of benzene rings is 1. The fourth-order valence-electron chi connectivity index (χ4n) is 5.22. The lowest BCUT2D eigenvalue weighted by molar-refractivity contribution is -0.136. The van der Waals surface area contributed by atoms with Gasteiger partial charge in [0.15, 0.2) is 5.82 Å². The number of halogens is 4. The van der Waals surface area contributed by atoms with Crippen LogP contribution in [0.15, 0.2) is 42.7 Å². The van der Waals surface area contributed by atoms with Crippen LogP contribution in [0.25, 0.3) is 16.8 Å². The van der Waals surface area contributed by atoms with Crippen LogP contribution in [0.4, 0.5) is 23.4 Å². The molecule has 0 spiro atoms. The monoisotopic (exact) mass is 526 g/mol. The number of aryl methyl sites for hydroxylation is 2. The van der Waals surface area contributed by atoms with Crippen LogP contribution in [-0.4, -0.2) is 43.5 Å². The minimum absolute atomic E-state index is 0.119. The molecule has 1 aliphatic heterocycles. The Labute approximate surface area is 216 Å². The van der Waals surface area contributed by atoms with Crippen molar-refractivity contribution in [3.05, 3.63) is 76.6 Å². The molecule has 1 aliphatic rings. The van der Waals surface area contributed by atoms with Crippen molar-refractivity contribution in [1.82, 2.24) is 24.5 Å². The van der Waals surface area contributed by atoms with Gasteiger partial charge in [-0.1, -0.05) is 12.1 Å². The van der Waals surface area contributed by atoms with E-state index in [1.54, 1.807) is 36.9 Å². The van der Waals surface area contributed by atoms with Gasteiger partial charge in [0.25, 0.3) is 5.91 Å². The summed E-state index contributed by atoms with van der Waals surface area (Å²) in [5.74, 6) is -0.612. The normalized spacial score (nSPS) is 16.3. The highest BCUT2D eigenvalue weighted by molar-refractivity contribution is 5.97. The molecule has 0 bridgehead atoms. The summed E-state index contributed by atoms with van der Waals surface area (Å²) in [5, 5.41) is 4.01. The number of nitrogens with two attached hydrogens (primary N) is 1. The lowest BCUT2D eigenvalue weighted by Gasteiger charge is -2.33. The molecular weight excluding hydrogens is 500 g/mol. The summed E-state index contributed by atoms with van der Waals surface area (Å²) in [6.45, 7) is 4.47. The first kappa shape index (κ1) is 25.6. The Bertz CT molecular complexity index is 1510. The Kier molecular flexibility index (Phi) is 6.54. The molecule has 0 unspecified atom stereocenters. The number of amides is 1. The second-order valence-corrected chi connectivity index (χ2v) is 9.69. The number of carbonyl (C=O) groups excluding carboxylic acids is 1. The van der Waals surface area contributed by atoms with Crippen molar-refractivity contribution in [2.75, 3.05) is 18.8 Å². The van der Waals surface area contributed by atoms with Crippen LogP contribution in [0.2, 0.25) is 0 Å². The van der Waals surface area contributed by atoms with E-state index in [1.165, 1.54) is 12.1 Å². The number of alkyl halides is 3. The number of piperidine rings is 1. The van der Waals surface area contributed by atoms with Crippen LogP contribution in [0.5, 0.6) is 0 Å². The largest absolute Gasteiger partial charge is 0.418 e. The van der Waals surface area contributed by atoms with Gasteiger partial charge in [0.05, 0.1) is 22.5 Å². The second-order valence-electron chi connectivity index (χ2n) is 9.69. The predicted molar refractivity (Wildman–Crippen MR) is 134 cm³/mol. The van der Waals surface area contributed by atoms with Crippen molar-refractivity contribution in [1.29, 1.82) is 0 Å². The van der Waals surface area contributed by atoms with Gasteiger partial charge in [-0.3, -0.25) is 9.78 Å². The molecule has 1 amide bonds. The number of anilines is 1. The maximum atomic E-state index is 13.8. The summed E-state index contributed by atoms with van der Waals surface area (Å²) < 4.78 is 55.9. The van der Waals surface area contributed by atoms with E-state index in [9.17, 15) is 22.4 Å². The van der Waals surface area contributed by atoms with Gasteiger partial charge in [0, 0.05) is 24.3 Å². The molecule has 1 atom stereocenters. The summed E-state index contributed by atoms with van der Waals surface area (Å²) in [5.41, 5.74) is 7.22. The maximum Gasteiger partial charge on any atom is 0.418 e. The average molecular weight is 527 g/mol. The molecule has 198 valence electrons. The summed E-state index contributed by atoms with van der Waals surface area (Å²) >= 11 is 0. The third-order valence-electron chi connectivity index (χ3n) is 7.04. The van der Waals surface area contributed by atoms with Crippen molar-refractivity contribution >= 4 is 17.2 Å². The Hall–Kier alpha value is -4.02. The highest BCUT2D eigenvalue weighted by Crippen LogP contribution is 2.39. The SMILES string of the molecule is Cc1nc(C)c(-c2cc(C(F)(F)F)c3c(N)ncnn23)cc1C(=O)N1CCC[C@H](Cc2ccc(F)cc2)C1. The fourth-order valence-corrected chi connectivity index (χ4v) is 5.22. The first-order valence-corrected chi connectivity index (χ1v) is 12.2.